The molecule has 3 N–H and O–H groups in total. The van der Waals surface area contributed by atoms with Gasteiger partial charge in [0.1, 0.15) is 5.75 Å². The number of piperidine rings is 1. The van der Waals surface area contributed by atoms with E-state index in [-0.39, 0.29) is 5.41 Å². The number of nitrogens with two attached hydrogens (primary N) is 1. The van der Waals surface area contributed by atoms with Gasteiger partial charge in [0, 0.05) is 30.9 Å². The van der Waals surface area contributed by atoms with Gasteiger partial charge in [-0.2, -0.15) is 0 Å². The highest BCUT2D eigenvalue weighted by Gasteiger charge is 2.35. The number of methoxy groups -OCH3 is 1. The molecular weight excluding hydrogens is 238 g/mol. The summed E-state index contributed by atoms with van der Waals surface area (Å²) in [5, 5.41) is 3.43. The zero-order valence-corrected chi connectivity index (χ0v) is 12.4. The van der Waals surface area contributed by atoms with Gasteiger partial charge in [-0.1, -0.05) is 13.8 Å². The Morgan fingerprint density at radius 2 is 2.16 bits per heavy atom. The maximum Gasteiger partial charge on any atom is 0.143 e. The van der Waals surface area contributed by atoms with Crippen molar-refractivity contribution in [1.82, 2.24) is 5.32 Å². The van der Waals surface area contributed by atoms with Gasteiger partial charge in [-0.15, -0.1) is 0 Å². The number of benzene rings is 1. The Balaban J connectivity index is 2.20. The van der Waals surface area contributed by atoms with Crippen molar-refractivity contribution in [1.29, 1.82) is 0 Å². The number of hydrogen-bond acceptors (Lipinski definition) is 4. The van der Waals surface area contributed by atoms with Gasteiger partial charge in [0.2, 0.25) is 0 Å². The molecule has 1 aliphatic rings. The Morgan fingerprint density at radius 1 is 1.42 bits per heavy atom. The third kappa shape index (κ3) is 2.78. The first-order valence-corrected chi connectivity index (χ1v) is 6.83. The molecule has 0 spiro atoms. The second-order valence-corrected chi connectivity index (χ2v) is 5.97. The van der Waals surface area contributed by atoms with Gasteiger partial charge < -0.3 is 20.7 Å². The van der Waals surface area contributed by atoms with Crippen molar-refractivity contribution >= 4 is 11.4 Å². The molecule has 106 valence electrons. The zero-order valence-electron chi connectivity index (χ0n) is 12.4. The van der Waals surface area contributed by atoms with Crippen molar-refractivity contribution in [2.45, 2.75) is 26.3 Å². The zero-order chi connectivity index (χ0) is 14.0. The molecule has 1 heterocycles. The quantitative estimate of drug-likeness (QED) is 0.820. The number of hydrogen-bond donors (Lipinski definition) is 2. The molecule has 0 bridgehead atoms. The van der Waals surface area contributed by atoms with Crippen LogP contribution in [0.5, 0.6) is 5.75 Å². The number of nitrogen functional groups attached to an aromatic ring is 1. The van der Waals surface area contributed by atoms with Crippen LogP contribution >= 0.6 is 0 Å². The van der Waals surface area contributed by atoms with Crippen LogP contribution in [0.4, 0.5) is 11.4 Å². The van der Waals surface area contributed by atoms with E-state index in [1.165, 1.54) is 5.69 Å². The van der Waals surface area contributed by atoms with Crippen molar-refractivity contribution in [3.05, 3.63) is 18.2 Å². The maximum absolute atomic E-state index is 5.87. The van der Waals surface area contributed by atoms with Crippen molar-refractivity contribution in [3.63, 3.8) is 0 Å². The average Bonchev–Trinajstić information content (AvgIpc) is 2.38. The number of nitrogens with one attached hydrogen (secondary N) is 1. The molecule has 1 unspecified atom stereocenters. The Morgan fingerprint density at radius 3 is 2.74 bits per heavy atom. The van der Waals surface area contributed by atoms with Crippen LogP contribution in [0.2, 0.25) is 0 Å². The predicted molar refractivity (Wildman–Crippen MR) is 80.9 cm³/mol. The van der Waals surface area contributed by atoms with E-state index in [0.717, 1.165) is 25.3 Å². The van der Waals surface area contributed by atoms with Gasteiger partial charge in [-0.25, -0.2) is 0 Å². The van der Waals surface area contributed by atoms with Crippen LogP contribution < -0.4 is 20.7 Å². The van der Waals surface area contributed by atoms with E-state index < -0.39 is 0 Å². The number of anilines is 2. The molecule has 1 aromatic carbocycles. The molecular formula is C15H25N3O. The fourth-order valence-electron chi connectivity index (χ4n) is 3.01. The molecule has 0 amide bonds. The Labute approximate surface area is 115 Å². The van der Waals surface area contributed by atoms with E-state index in [2.05, 4.69) is 30.1 Å². The monoisotopic (exact) mass is 263 g/mol. The summed E-state index contributed by atoms with van der Waals surface area (Å²) >= 11 is 0. The Kier molecular flexibility index (Phi) is 3.90. The van der Waals surface area contributed by atoms with Crippen molar-refractivity contribution in [2.24, 2.45) is 5.41 Å². The highest BCUT2D eigenvalue weighted by atomic mass is 16.5. The van der Waals surface area contributed by atoms with Crippen LogP contribution in [0, 0.1) is 5.41 Å². The summed E-state index contributed by atoms with van der Waals surface area (Å²) in [5.74, 6) is 0.756. The SMILES string of the molecule is CNC1CCN(c2ccc(N)c(OC)c2)CC1(C)C. The van der Waals surface area contributed by atoms with E-state index in [1.54, 1.807) is 7.11 Å². The minimum Gasteiger partial charge on any atom is -0.495 e. The molecule has 0 aliphatic carbocycles. The smallest absolute Gasteiger partial charge is 0.143 e. The van der Waals surface area contributed by atoms with Gasteiger partial charge in [0.25, 0.3) is 0 Å². The third-order valence-corrected chi connectivity index (χ3v) is 4.16. The number of ether oxygens (including phenoxy) is 1. The fraction of sp³-hybridized carbons (Fsp3) is 0.600. The molecule has 0 saturated carbocycles. The van der Waals surface area contributed by atoms with Crippen LogP contribution in [0.25, 0.3) is 0 Å². The lowest BCUT2D eigenvalue weighted by Gasteiger charge is -2.45. The normalized spacial score (nSPS) is 22.3. The van der Waals surface area contributed by atoms with Crippen molar-refractivity contribution in [3.8, 4) is 5.75 Å². The first-order chi connectivity index (χ1) is 8.97. The van der Waals surface area contributed by atoms with Crippen LogP contribution in [-0.2, 0) is 0 Å². The van der Waals surface area contributed by atoms with Gasteiger partial charge in [0.15, 0.2) is 0 Å². The van der Waals surface area contributed by atoms with Gasteiger partial charge in [-0.05, 0) is 31.0 Å². The lowest BCUT2D eigenvalue weighted by molar-refractivity contribution is 0.215. The topological polar surface area (TPSA) is 50.5 Å². The van der Waals surface area contributed by atoms with E-state index in [0.29, 0.717) is 11.7 Å². The molecule has 4 nitrogen and oxygen atoms in total. The third-order valence-electron chi connectivity index (χ3n) is 4.16. The lowest BCUT2D eigenvalue weighted by atomic mass is 9.79. The average molecular weight is 263 g/mol. The molecule has 0 aromatic heterocycles. The summed E-state index contributed by atoms with van der Waals surface area (Å²) in [6.07, 6.45) is 1.15. The molecule has 1 fully saturated rings. The summed E-state index contributed by atoms with van der Waals surface area (Å²) in [7, 11) is 3.71. The molecule has 1 saturated heterocycles. The van der Waals surface area contributed by atoms with E-state index >= 15 is 0 Å². The molecule has 1 aromatic rings. The molecule has 2 rings (SSSR count). The minimum atomic E-state index is 0.252. The van der Waals surface area contributed by atoms with Crippen LogP contribution in [0.15, 0.2) is 18.2 Å². The molecule has 4 heteroatoms. The highest BCUT2D eigenvalue weighted by Crippen LogP contribution is 2.34. The summed E-state index contributed by atoms with van der Waals surface area (Å²) in [6, 6.07) is 6.60. The van der Waals surface area contributed by atoms with Crippen LogP contribution in [0.3, 0.4) is 0 Å². The minimum absolute atomic E-state index is 0.252. The summed E-state index contributed by atoms with van der Waals surface area (Å²) in [5.41, 5.74) is 8.00. The van der Waals surface area contributed by atoms with Crippen LogP contribution in [0.1, 0.15) is 20.3 Å². The molecule has 19 heavy (non-hydrogen) atoms. The first kappa shape index (κ1) is 14.0. The van der Waals surface area contributed by atoms with Gasteiger partial charge >= 0.3 is 0 Å². The Hall–Kier alpha value is -1.42. The van der Waals surface area contributed by atoms with Gasteiger partial charge in [-0.3, -0.25) is 0 Å². The van der Waals surface area contributed by atoms with Crippen molar-refractivity contribution < 1.29 is 4.74 Å². The summed E-state index contributed by atoms with van der Waals surface area (Å²) in [6.45, 7) is 6.72. The molecule has 0 radical (unpaired) electrons. The predicted octanol–water partition coefficient (Wildman–Crippen LogP) is 2.10. The summed E-state index contributed by atoms with van der Waals surface area (Å²) < 4.78 is 5.31. The standard InChI is InChI=1S/C15H25N3O/c1-15(2)10-18(8-7-14(15)17-3)11-5-6-12(16)13(9-11)19-4/h5-6,9,14,17H,7-8,10,16H2,1-4H3. The number of nitrogens with zero attached hydrogens (tertiary/aromatic N) is 1. The number of rotatable bonds is 3. The lowest BCUT2D eigenvalue weighted by Crippen LogP contribution is -2.53. The fourth-order valence-corrected chi connectivity index (χ4v) is 3.01. The van der Waals surface area contributed by atoms with E-state index in [4.69, 9.17) is 10.5 Å². The largest absolute Gasteiger partial charge is 0.495 e. The highest BCUT2D eigenvalue weighted by molar-refractivity contribution is 5.62. The Bertz CT molecular complexity index is 445. The molecule has 1 atom stereocenters. The van der Waals surface area contributed by atoms with E-state index in [1.807, 2.05) is 19.2 Å². The van der Waals surface area contributed by atoms with Crippen molar-refractivity contribution in [2.75, 3.05) is 37.9 Å². The van der Waals surface area contributed by atoms with Gasteiger partial charge in [0.05, 0.1) is 12.8 Å². The van der Waals surface area contributed by atoms with E-state index in [9.17, 15) is 0 Å². The second-order valence-electron chi connectivity index (χ2n) is 5.97. The first-order valence-electron chi connectivity index (χ1n) is 6.83. The van der Waals surface area contributed by atoms with Crippen LogP contribution in [-0.4, -0.2) is 33.3 Å². The molecule has 1 aliphatic heterocycles. The summed E-state index contributed by atoms with van der Waals surface area (Å²) in [4.78, 5) is 2.41. The maximum atomic E-state index is 5.87. The second kappa shape index (κ2) is 5.29.